The number of ether oxygens (including phenoxy) is 1. The van der Waals surface area contributed by atoms with E-state index in [2.05, 4.69) is 37.3 Å². The van der Waals surface area contributed by atoms with Crippen molar-refractivity contribution in [2.45, 2.75) is 30.7 Å². The number of halogens is 1. The third kappa shape index (κ3) is 1.42. The highest BCUT2D eigenvalue weighted by Crippen LogP contribution is 2.50. The van der Waals surface area contributed by atoms with Crippen molar-refractivity contribution in [3.8, 4) is 0 Å². The molecule has 1 aromatic carbocycles. The lowest BCUT2D eigenvalue weighted by Crippen LogP contribution is -2.28. The highest BCUT2D eigenvalue weighted by molar-refractivity contribution is 6.24. The fraction of sp³-hybridized carbons (Fsp3) is 0.429. The summed E-state index contributed by atoms with van der Waals surface area (Å²) >= 11 is 6.64. The van der Waals surface area contributed by atoms with E-state index in [1.165, 1.54) is 16.7 Å². The molecule has 16 heavy (non-hydrogen) atoms. The van der Waals surface area contributed by atoms with Gasteiger partial charge in [-0.15, -0.1) is 0 Å². The molecular formula is C14H15ClO. The van der Waals surface area contributed by atoms with Gasteiger partial charge in [0.1, 0.15) is 0 Å². The summed E-state index contributed by atoms with van der Waals surface area (Å²) in [6.07, 6.45) is 4.24. The maximum absolute atomic E-state index is 6.64. The van der Waals surface area contributed by atoms with Crippen molar-refractivity contribution < 1.29 is 4.74 Å². The van der Waals surface area contributed by atoms with Crippen LogP contribution < -0.4 is 0 Å². The number of benzene rings is 1. The van der Waals surface area contributed by atoms with E-state index in [0.717, 1.165) is 19.4 Å². The molecule has 0 amide bonds. The molecule has 0 saturated carbocycles. The largest absolute Gasteiger partial charge is 0.359 e. The molecule has 1 aliphatic carbocycles. The van der Waals surface area contributed by atoms with Crippen molar-refractivity contribution >= 4 is 17.7 Å². The fourth-order valence-electron chi connectivity index (χ4n) is 2.91. The van der Waals surface area contributed by atoms with Crippen LogP contribution in [0, 0.1) is 0 Å². The average Bonchev–Trinajstić information content (AvgIpc) is 2.81. The minimum Gasteiger partial charge on any atom is -0.359 e. The number of hydrogen-bond acceptors (Lipinski definition) is 1. The van der Waals surface area contributed by atoms with E-state index in [1.807, 2.05) is 0 Å². The summed E-state index contributed by atoms with van der Waals surface area (Å²) in [6, 6.07) is 8.46. The maximum Gasteiger partial charge on any atom is 0.152 e. The molecule has 1 aliphatic heterocycles. The highest BCUT2D eigenvalue weighted by atomic mass is 35.5. The molecule has 2 aliphatic rings. The van der Waals surface area contributed by atoms with Crippen LogP contribution in [0.5, 0.6) is 0 Å². The molecule has 1 saturated heterocycles. The molecule has 1 fully saturated rings. The Kier molecular flexibility index (Phi) is 2.34. The lowest BCUT2D eigenvalue weighted by atomic mass is 9.89. The second kappa shape index (κ2) is 3.61. The summed E-state index contributed by atoms with van der Waals surface area (Å²) in [5.41, 5.74) is 3.93. The normalized spacial score (nSPS) is 32.6. The Balaban J connectivity index is 2.06. The van der Waals surface area contributed by atoms with Crippen molar-refractivity contribution in [2.24, 2.45) is 0 Å². The van der Waals surface area contributed by atoms with Crippen LogP contribution in [0.15, 0.2) is 29.8 Å². The van der Waals surface area contributed by atoms with E-state index in [4.69, 9.17) is 16.3 Å². The van der Waals surface area contributed by atoms with E-state index >= 15 is 0 Å². The lowest BCUT2D eigenvalue weighted by molar-refractivity contribution is 0.0617. The monoisotopic (exact) mass is 234 g/mol. The Morgan fingerprint density at radius 1 is 1.38 bits per heavy atom. The highest BCUT2D eigenvalue weighted by Gasteiger charge is 2.44. The predicted octanol–water partition coefficient (Wildman–Crippen LogP) is 3.93. The second-order valence-corrected chi connectivity index (χ2v) is 5.33. The Hall–Kier alpha value is -0.790. The molecule has 3 rings (SSSR count). The van der Waals surface area contributed by atoms with Gasteiger partial charge in [-0.25, -0.2) is 0 Å². The maximum atomic E-state index is 6.64. The van der Waals surface area contributed by atoms with Crippen LogP contribution in [0.2, 0.25) is 0 Å². The zero-order valence-electron chi connectivity index (χ0n) is 9.37. The summed E-state index contributed by atoms with van der Waals surface area (Å²) in [6.45, 7) is 2.94. The van der Waals surface area contributed by atoms with Crippen molar-refractivity contribution in [2.75, 3.05) is 6.61 Å². The Morgan fingerprint density at radius 3 is 2.94 bits per heavy atom. The van der Waals surface area contributed by atoms with Gasteiger partial charge in [-0.1, -0.05) is 47.5 Å². The van der Waals surface area contributed by atoms with E-state index < -0.39 is 5.06 Å². The first-order valence-corrected chi connectivity index (χ1v) is 6.18. The zero-order valence-corrected chi connectivity index (χ0v) is 10.1. The smallest absolute Gasteiger partial charge is 0.152 e. The summed E-state index contributed by atoms with van der Waals surface area (Å²) in [4.78, 5) is 0. The van der Waals surface area contributed by atoms with Gasteiger partial charge >= 0.3 is 0 Å². The van der Waals surface area contributed by atoms with Crippen molar-refractivity contribution in [3.63, 3.8) is 0 Å². The van der Waals surface area contributed by atoms with Crippen molar-refractivity contribution in [3.05, 3.63) is 41.0 Å². The van der Waals surface area contributed by atoms with Crippen LogP contribution in [0.25, 0.3) is 6.08 Å². The average molecular weight is 235 g/mol. The van der Waals surface area contributed by atoms with Gasteiger partial charge in [-0.05, 0) is 30.9 Å². The molecule has 0 spiro atoms. The Bertz CT molecular complexity index is 444. The van der Waals surface area contributed by atoms with Gasteiger partial charge in [0, 0.05) is 12.5 Å². The Morgan fingerprint density at radius 2 is 2.19 bits per heavy atom. The third-order valence-electron chi connectivity index (χ3n) is 3.58. The van der Waals surface area contributed by atoms with Crippen LogP contribution in [0.4, 0.5) is 0 Å². The second-order valence-electron chi connectivity index (χ2n) is 4.69. The number of alkyl halides is 1. The van der Waals surface area contributed by atoms with Gasteiger partial charge in [0.25, 0.3) is 0 Å². The van der Waals surface area contributed by atoms with Gasteiger partial charge in [0.05, 0.1) is 0 Å². The predicted molar refractivity (Wildman–Crippen MR) is 66.6 cm³/mol. The summed E-state index contributed by atoms with van der Waals surface area (Å²) in [5.74, 6) is 0.230. The third-order valence-corrected chi connectivity index (χ3v) is 4.10. The topological polar surface area (TPSA) is 9.23 Å². The standard InChI is InChI=1S/C14H15ClO/c1-10-9-11-5-2-3-6-12(11)13(10)14(15)7-4-8-16-14/h2-3,5-6,9,13H,4,7-8H2,1H3. The van der Waals surface area contributed by atoms with Crippen molar-refractivity contribution in [1.82, 2.24) is 0 Å². The van der Waals surface area contributed by atoms with Crippen LogP contribution in [0.1, 0.15) is 36.8 Å². The minimum absolute atomic E-state index is 0.230. The van der Waals surface area contributed by atoms with Crippen LogP contribution in [0.3, 0.4) is 0 Å². The van der Waals surface area contributed by atoms with E-state index in [9.17, 15) is 0 Å². The quantitative estimate of drug-likeness (QED) is 0.669. The van der Waals surface area contributed by atoms with Gasteiger partial charge in [-0.2, -0.15) is 0 Å². The van der Waals surface area contributed by atoms with Gasteiger partial charge in [-0.3, -0.25) is 0 Å². The molecule has 84 valence electrons. The number of fused-ring (bicyclic) bond motifs is 1. The molecule has 0 aromatic heterocycles. The first-order valence-electron chi connectivity index (χ1n) is 5.81. The molecule has 1 aromatic rings. The van der Waals surface area contributed by atoms with E-state index in [-0.39, 0.29) is 5.92 Å². The first kappa shape index (κ1) is 10.4. The molecule has 0 N–H and O–H groups in total. The van der Waals surface area contributed by atoms with E-state index in [0.29, 0.717) is 0 Å². The van der Waals surface area contributed by atoms with Crippen molar-refractivity contribution in [1.29, 1.82) is 0 Å². The molecule has 0 radical (unpaired) electrons. The molecular weight excluding hydrogens is 220 g/mol. The Labute approximate surface area is 101 Å². The SMILES string of the molecule is CC1=Cc2ccccc2C1C1(Cl)CCCO1. The lowest BCUT2D eigenvalue weighted by Gasteiger charge is -2.30. The summed E-state index contributed by atoms with van der Waals surface area (Å²) in [7, 11) is 0. The van der Waals surface area contributed by atoms with Gasteiger partial charge < -0.3 is 4.74 Å². The molecule has 1 nitrogen and oxygen atoms in total. The minimum atomic E-state index is -0.507. The number of rotatable bonds is 1. The molecule has 2 heteroatoms. The molecule has 2 atom stereocenters. The zero-order chi connectivity index (χ0) is 11.2. The summed E-state index contributed by atoms with van der Waals surface area (Å²) in [5, 5.41) is -0.507. The molecule has 2 unspecified atom stereocenters. The molecule has 0 bridgehead atoms. The van der Waals surface area contributed by atoms with E-state index in [1.54, 1.807) is 0 Å². The number of hydrogen-bond donors (Lipinski definition) is 0. The van der Waals surface area contributed by atoms with Crippen LogP contribution >= 0.6 is 11.6 Å². The van der Waals surface area contributed by atoms with Crippen LogP contribution in [-0.4, -0.2) is 11.7 Å². The van der Waals surface area contributed by atoms with Gasteiger partial charge in [0.15, 0.2) is 5.06 Å². The van der Waals surface area contributed by atoms with Crippen LogP contribution in [-0.2, 0) is 4.74 Å². The first-order chi connectivity index (χ1) is 7.71. The summed E-state index contributed by atoms with van der Waals surface area (Å²) < 4.78 is 5.78. The van der Waals surface area contributed by atoms with Gasteiger partial charge in [0.2, 0.25) is 0 Å². The molecule has 1 heterocycles. The fourth-order valence-corrected chi connectivity index (χ4v) is 3.41.